The van der Waals surface area contributed by atoms with Crippen LogP contribution in [0.1, 0.15) is 32.6 Å². The Balaban J connectivity index is 1.34. The first kappa shape index (κ1) is 17.1. The lowest BCUT2D eigenvalue weighted by Gasteiger charge is -2.68. The Kier molecular flexibility index (Phi) is 3.28. The molecule has 0 amide bonds. The molecule has 0 saturated heterocycles. The minimum absolute atomic E-state index is 0.492. The van der Waals surface area contributed by atoms with Gasteiger partial charge in [-0.25, -0.2) is 14.5 Å². The van der Waals surface area contributed by atoms with Gasteiger partial charge in [-0.1, -0.05) is 18.5 Å². The number of halogens is 1. The molecule has 0 aliphatic heterocycles. The van der Waals surface area contributed by atoms with Crippen LogP contribution in [0.4, 0.5) is 5.82 Å². The van der Waals surface area contributed by atoms with Crippen LogP contribution in [-0.2, 0) is 0 Å². The van der Waals surface area contributed by atoms with Gasteiger partial charge in [0.15, 0.2) is 11.6 Å². The van der Waals surface area contributed by atoms with Gasteiger partial charge in [0.25, 0.3) is 0 Å². The van der Waals surface area contributed by atoms with Crippen LogP contribution in [0.5, 0.6) is 0 Å². The number of aromatic amines is 1. The molecule has 0 radical (unpaired) electrons. The van der Waals surface area contributed by atoms with Crippen LogP contribution < -0.4 is 5.32 Å². The lowest BCUT2D eigenvalue weighted by atomic mass is 9.38. The van der Waals surface area contributed by atoms with Crippen molar-refractivity contribution in [1.29, 1.82) is 0 Å². The molecule has 4 aromatic rings. The average Bonchev–Trinajstić information content (AvgIpc) is 3.36. The van der Waals surface area contributed by atoms with E-state index in [4.69, 9.17) is 21.7 Å². The van der Waals surface area contributed by atoms with Crippen molar-refractivity contribution in [3.05, 3.63) is 41.8 Å². The van der Waals surface area contributed by atoms with E-state index in [1.54, 1.807) is 6.20 Å². The molecule has 1 spiro atoms. The molecule has 3 atom stereocenters. The molecule has 4 heterocycles. The smallest absolute Gasteiger partial charge is 0.184 e. The van der Waals surface area contributed by atoms with Gasteiger partial charge in [0.2, 0.25) is 0 Å². The van der Waals surface area contributed by atoms with E-state index in [1.165, 1.54) is 25.7 Å². The van der Waals surface area contributed by atoms with E-state index in [-0.39, 0.29) is 0 Å². The highest BCUT2D eigenvalue weighted by Crippen LogP contribution is 2.69. The highest BCUT2D eigenvalue weighted by Gasteiger charge is 2.63. The molecule has 152 valence electrons. The zero-order valence-corrected chi connectivity index (χ0v) is 17.5. The summed E-state index contributed by atoms with van der Waals surface area (Å²) in [5, 5.41) is 10.2. The van der Waals surface area contributed by atoms with Gasteiger partial charge in [-0.3, -0.25) is 0 Å². The normalized spacial score (nSPS) is 31.9. The Morgan fingerprint density at radius 1 is 1.33 bits per heavy atom. The fraction of sp³-hybridized carbons (Fsp3) is 0.435. The fourth-order valence-corrected chi connectivity index (χ4v) is 6.87. The minimum atomic E-state index is 0.492. The van der Waals surface area contributed by atoms with Crippen LogP contribution in [0.2, 0.25) is 5.02 Å². The molecule has 7 heteroatoms. The Morgan fingerprint density at radius 3 is 3.03 bits per heavy atom. The third-order valence-corrected chi connectivity index (χ3v) is 8.52. The zero-order chi connectivity index (χ0) is 20.0. The van der Waals surface area contributed by atoms with Crippen molar-refractivity contribution in [2.75, 3.05) is 5.32 Å². The number of fused-ring (bicyclic) bond motifs is 2. The topological polar surface area (TPSA) is 70.9 Å². The second kappa shape index (κ2) is 5.76. The summed E-state index contributed by atoms with van der Waals surface area (Å²) >= 11 is 6.21. The second-order valence-electron chi connectivity index (χ2n) is 9.57. The summed E-state index contributed by atoms with van der Waals surface area (Å²) in [4.78, 5) is 12.6. The van der Waals surface area contributed by atoms with Crippen LogP contribution in [0.3, 0.4) is 0 Å². The molecule has 0 unspecified atom stereocenters. The van der Waals surface area contributed by atoms with Crippen molar-refractivity contribution >= 4 is 34.0 Å². The molecule has 2 N–H and O–H groups in total. The predicted molar refractivity (Wildman–Crippen MR) is 118 cm³/mol. The summed E-state index contributed by atoms with van der Waals surface area (Å²) in [7, 11) is 0. The van der Waals surface area contributed by atoms with Crippen LogP contribution in [0.15, 0.2) is 36.8 Å². The first-order valence-corrected chi connectivity index (χ1v) is 11.2. The molecule has 0 aromatic carbocycles. The van der Waals surface area contributed by atoms with Gasteiger partial charge in [-0.05, 0) is 67.1 Å². The van der Waals surface area contributed by atoms with Gasteiger partial charge in [0, 0.05) is 35.6 Å². The molecule has 6 aliphatic rings. The fourth-order valence-electron chi connectivity index (χ4n) is 6.71. The molecule has 6 fully saturated rings. The van der Waals surface area contributed by atoms with Gasteiger partial charge >= 0.3 is 0 Å². The summed E-state index contributed by atoms with van der Waals surface area (Å²) < 4.78 is 1.92. The quantitative estimate of drug-likeness (QED) is 0.482. The van der Waals surface area contributed by atoms with Gasteiger partial charge in [0.05, 0.1) is 5.02 Å². The SMILES string of the molecule is C[C@@H]1[C@@H](Nc2nc(-c3c[nH]c4ncc(Cl)cc34)nn3cccc23)[C@@H]2CCC13CC2C3. The van der Waals surface area contributed by atoms with Gasteiger partial charge in [-0.15, -0.1) is 5.10 Å². The molecule has 10 rings (SSSR count). The maximum absolute atomic E-state index is 6.21. The van der Waals surface area contributed by atoms with Gasteiger partial charge in [0.1, 0.15) is 11.2 Å². The number of pyridine rings is 1. The molecule has 6 aliphatic carbocycles. The lowest BCUT2D eigenvalue weighted by molar-refractivity contribution is -0.157. The summed E-state index contributed by atoms with van der Waals surface area (Å²) in [6.07, 6.45) is 11.2. The van der Waals surface area contributed by atoms with Crippen LogP contribution >= 0.6 is 11.6 Å². The van der Waals surface area contributed by atoms with E-state index in [0.29, 0.717) is 28.2 Å². The molecular weight excluding hydrogens is 396 g/mol. The van der Waals surface area contributed by atoms with E-state index < -0.39 is 0 Å². The number of hydrogen-bond donors (Lipinski definition) is 2. The maximum Gasteiger partial charge on any atom is 0.184 e. The van der Waals surface area contributed by atoms with Crippen molar-refractivity contribution in [3.63, 3.8) is 0 Å². The number of aromatic nitrogens is 5. The highest BCUT2D eigenvalue weighted by molar-refractivity contribution is 6.31. The van der Waals surface area contributed by atoms with E-state index in [9.17, 15) is 0 Å². The molecular formula is C23H23ClN6. The van der Waals surface area contributed by atoms with Gasteiger partial charge < -0.3 is 10.3 Å². The Morgan fingerprint density at radius 2 is 2.23 bits per heavy atom. The lowest BCUT2D eigenvalue weighted by Crippen LogP contribution is -2.64. The van der Waals surface area contributed by atoms with Gasteiger partial charge in [-0.2, -0.15) is 0 Å². The third kappa shape index (κ3) is 2.17. The third-order valence-electron chi connectivity index (χ3n) is 8.32. The summed E-state index contributed by atoms with van der Waals surface area (Å²) in [5.41, 5.74) is 3.30. The molecule has 4 aromatic heterocycles. The van der Waals surface area contributed by atoms with Crippen molar-refractivity contribution in [2.45, 2.75) is 38.6 Å². The number of rotatable bonds is 3. The Bertz CT molecular complexity index is 1290. The number of nitrogens with zero attached hydrogens (tertiary/aromatic N) is 4. The van der Waals surface area contributed by atoms with Crippen molar-refractivity contribution in [3.8, 4) is 11.4 Å². The van der Waals surface area contributed by atoms with Crippen molar-refractivity contribution in [2.24, 2.45) is 23.2 Å². The molecule has 30 heavy (non-hydrogen) atoms. The van der Waals surface area contributed by atoms with Crippen LogP contribution in [0, 0.1) is 23.2 Å². The minimum Gasteiger partial charge on any atom is -0.365 e. The monoisotopic (exact) mass is 418 g/mol. The standard InChI is InChI=1S/C23H23ClN6/c1-12-19(15-4-5-23(12)8-13(15)9-23)27-22-18-3-2-6-30(18)29-21(28-22)17-11-26-20-16(17)7-14(24)10-25-20/h2-3,6-7,10-13,15,19H,4-5,8-9H2,1H3,(H,25,26)(H,27,28,29)/t12-,13?,15-,19-,23?/m1/s1. The first-order chi connectivity index (χ1) is 14.6. The maximum atomic E-state index is 6.21. The van der Waals surface area contributed by atoms with Crippen LogP contribution in [0.25, 0.3) is 27.9 Å². The molecule has 6 nitrogen and oxygen atoms in total. The zero-order valence-electron chi connectivity index (χ0n) is 16.8. The number of anilines is 1. The highest BCUT2D eigenvalue weighted by atomic mass is 35.5. The average molecular weight is 419 g/mol. The van der Waals surface area contributed by atoms with E-state index >= 15 is 0 Å². The summed E-state index contributed by atoms with van der Waals surface area (Å²) in [6, 6.07) is 6.52. The van der Waals surface area contributed by atoms with Crippen molar-refractivity contribution < 1.29 is 0 Å². The summed E-state index contributed by atoms with van der Waals surface area (Å²) in [5.74, 6) is 3.95. The number of hydrogen-bond acceptors (Lipinski definition) is 4. The largest absolute Gasteiger partial charge is 0.365 e. The Labute approximate surface area is 179 Å². The second-order valence-corrected chi connectivity index (χ2v) is 10.0. The van der Waals surface area contributed by atoms with E-state index in [0.717, 1.165) is 39.8 Å². The number of nitrogens with one attached hydrogen (secondary N) is 2. The number of H-pyrrole nitrogens is 1. The van der Waals surface area contributed by atoms with E-state index in [2.05, 4.69) is 28.3 Å². The summed E-state index contributed by atoms with van der Waals surface area (Å²) in [6.45, 7) is 2.45. The molecule has 6 saturated carbocycles. The molecule has 3 bridgehead atoms. The predicted octanol–water partition coefficient (Wildman–Crippen LogP) is 5.16. The van der Waals surface area contributed by atoms with Crippen LogP contribution in [-0.4, -0.2) is 30.6 Å². The Hall–Kier alpha value is -2.60. The van der Waals surface area contributed by atoms with E-state index in [1.807, 2.05) is 29.0 Å². The van der Waals surface area contributed by atoms with Crippen molar-refractivity contribution in [1.82, 2.24) is 24.6 Å². The first-order valence-electron chi connectivity index (χ1n) is 10.9.